The molecule has 10 nitrogen and oxygen atoms in total. The maximum Gasteiger partial charge on any atom is 0.264 e. The third kappa shape index (κ3) is 5.08. The van der Waals surface area contributed by atoms with Crippen molar-refractivity contribution in [3.8, 4) is 23.0 Å². The topological polar surface area (TPSA) is 108 Å². The van der Waals surface area contributed by atoms with Crippen LogP contribution in [0.5, 0.6) is 23.0 Å². The molecule has 1 aromatic heterocycles. The number of rotatable bonds is 8. The fourth-order valence-corrected chi connectivity index (χ4v) is 4.60. The molecule has 2 aromatic carbocycles. The monoisotopic (exact) mass is 520 g/mol. The normalized spacial score (nSPS) is 14.8. The highest BCUT2D eigenvalue weighted by molar-refractivity contribution is 6.02. The van der Waals surface area contributed by atoms with Crippen molar-refractivity contribution >= 4 is 17.4 Å². The Morgan fingerprint density at radius 1 is 1.00 bits per heavy atom. The van der Waals surface area contributed by atoms with E-state index in [1.165, 1.54) is 22.8 Å². The van der Waals surface area contributed by atoms with E-state index in [1.807, 2.05) is 12.1 Å². The van der Waals surface area contributed by atoms with Crippen molar-refractivity contribution in [1.29, 1.82) is 0 Å². The molecular formula is C28H28N2O8. The average Bonchev–Trinajstić information content (AvgIpc) is 2.93. The van der Waals surface area contributed by atoms with Gasteiger partial charge in [0.05, 0.1) is 26.5 Å². The molecule has 0 N–H and O–H groups in total. The van der Waals surface area contributed by atoms with Crippen molar-refractivity contribution in [3.63, 3.8) is 0 Å². The van der Waals surface area contributed by atoms with E-state index in [-0.39, 0.29) is 36.1 Å². The van der Waals surface area contributed by atoms with Crippen LogP contribution < -0.4 is 29.3 Å². The third-order valence-corrected chi connectivity index (χ3v) is 6.76. The van der Waals surface area contributed by atoms with Crippen LogP contribution in [0.2, 0.25) is 0 Å². The van der Waals surface area contributed by atoms with Gasteiger partial charge in [-0.15, -0.1) is 0 Å². The molecule has 10 heteroatoms. The highest BCUT2D eigenvalue weighted by Gasteiger charge is 2.24. The predicted octanol–water partition coefficient (Wildman–Crippen LogP) is 2.83. The SMILES string of the molecule is COc1cc2c(cc1OC)CN(Cc1cc(=O)c(OCC(=O)c3ccc4c(c3)N(C)C(=O)CO4)co1)CC2. The minimum Gasteiger partial charge on any atom is -0.493 e. The molecule has 2 aliphatic heterocycles. The Morgan fingerprint density at radius 2 is 1.76 bits per heavy atom. The first-order valence-corrected chi connectivity index (χ1v) is 12.1. The van der Waals surface area contributed by atoms with Crippen molar-refractivity contribution < 1.29 is 33.0 Å². The van der Waals surface area contributed by atoms with Crippen LogP contribution in [0.4, 0.5) is 5.69 Å². The minimum absolute atomic E-state index is 0.0410. The third-order valence-electron chi connectivity index (χ3n) is 6.76. The standard InChI is InChI=1S/C28H28N2O8/c1-29-21-8-18(4-5-24(21)38-16-28(29)33)23(32)14-37-27-15-36-20(11-22(27)31)13-30-7-6-17-9-25(34-2)26(35-3)10-19(17)12-30/h4-5,8-11,15H,6-7,12-14,16H2,1-3H3. The van der Waals surface area contributed by atoms with Gasteiger partial charge in [0.1, 0.15) is 17.8 Å². The lowest BCUT2D eigenvalue weighted by Crippen LogP contribution is -2.35. The summed E-state index contributed by atoms with van der Waals surface area (Å²) in [6.07, 6.45) is 2.08. The zero-order valence-electron chi connectivity index (χ0n) is 21.4. The molecule has 0 bridgehead atoms. The van der Waals surface area contributed by atoms with Crippen LogP contribution in [-0.4, -0.2) is 57.6 Å². The molecule has 0 saturated heterocycles. The molecule has 0 aliphatic carbocycles. The van der Waals surface area contributed by atoms with Crippen LogP contribution in [-0.2, 0) is 24.3 Å². The van der Waals surface area contributed by atoms with Crippen LogP contribution >= 0.6 is 0 Å². The quantitative estimate of drug-likeness (QED) is 0.414. The summed E-state index contributed by atoms with van der Waals surface area (Å²) >= 11 is 0. The van der Waals surface area contributed by atoms with Crippen molar-refractivity contribution in [2.45, 2.75) is 19.5 Å². The van der Waals surface area contributed by atoms with E-state index >= 15 is 0 Å². The molecule has 38 heavy (non-hydrogen) atoms. The smallest absolute Gasteiger partial charge is 0.264 e. The van der Waals surface area contributed by atoms with Gasteiger partial charge in [-0.2, -0.15) is 0 Å². The first-order chi connectivity index (χ1) is 18.4. The van der Waals surface area contributed by atoms with Gasteiger partial charge in [0.2, 0.25) is 11.2 Å². The van der Waals surface area contributed by atoms with Gasteiger partial charge in [-0.1, -0.05) is 0 Å². The molecule has 0 saturated carbocycles. The number of ether oxygens (including phenoxy) is 4. The Morgan fingerprint density at radius 3 is 2.50 bits per heavy atom. The number of hydrogen-bond donors (Lipinski definition) is 0. The lowest BCUT2D eigenvalue weighted by Gasteiger charge is -2.29. The maximum atomic E-state index is 12.7. The number of benzene rings is 2. The van der Waals surface area contributed by atoms with Crippen molar-refractivity contribution in [2.24, 2.45) is 0 Å². The van der Waals surface area contributed by atoms with Gasteiger partial charge in [-0.3, -0.25) is 19.3 Å². The van der Waals surface area contributed by atoms with E-state index < -0.39 is 0 Å². The van der Waals surface area contributed by atoms with Gasteiger partial charge in [0.25, 0.3) is 5.91 Å². The second-order valence-corrected chi connectivity index (χ2v) is 9.15. The summed E-state index contributed by atoms with van der Waals surface area (Å²) in [4.78, 5) is 40.8. The van der Waals surface area contributed by atoms with E-state index in [0.29, 0.717) is 47.3 Å². The number of carbonyl (C=O) groups excluding carboxylic acids is 2. The molecule has 3 heterocycles. The number of amides is 1. The molecular weight excluding hydrogens is 492 g/mol. The van der Waals surface area contributed by atoms with E-state index in [4.69, 9.17) is 23.4 Å². The number of anilines is 1. The molecule has 0 atom stereocenters. The van der Waals surface area contributed by atoms with Gasteiger partial charge < -0.3 is 28.3 Å². The second kappa shape index (κ2) is 10.6. The summed E-state index contributed by atoms with van der Waals surface area (Å²) in [6.45, 7) is 1.53. The summed E-state index contributed by atoms with van der Waals surface area (Å²) in [5, 5.41) is 0. The number of nitrogens with zero attached hydrogens (tertiary/aromatic N) is 2. The number of carbonyl (C=O) groups is 2. The molecule has 2 aliphatic rings. The highest BCUT2D eigenvalue weighted by atomic mass is 16.5. The second-order valence-electron chi connectivity index (χ2n) is 9.15. The first kappa shape index (κ1) is 25.3. The molecule has 0 unspecified atom stereocenters. The molecule has 0 radical (unpaired) electrons. The fourth-order valence-electron chi connectivity index (χ4n) is 4.60. The van der Waals surface area contributed by atoms with Gasteiger partial charge in [0, 0.05) is 31.8 Å². The van der Waals surface area contributed by atoms with Gasteiger partial charge in [-0.25, -0.2) is 0 Å². The zero-order chi connectivity index (χ0) is 26.8. The van der Waals surface area contributed by atoms with Gasteiger partial charge in [-0.05, 0) is 47.9 Å². The van der Waals surface area contributed by atoms with E-state index in [0.717, 1.165) is 18.5 Å². The van der Waals surface area contributed by atoms with Crippen LogP contribution in [0.15, 0.2) is 51.9 Å². The number of likely N-dealkylation sites (N-methyl/N-ethyl adjacent to an activating group) is 1. The van der Waals surface area contributed by atoms with Crippen LogP contribution in [0.3, 0.4) is 0 Å². The van der Waals surface area contributed by atoms with Crippen molar-refractivity contribution in [1.82, 2.24) is 4.90 Å². The Balaban J connectivity index is 1.21. The minimum atomic E-state index is -0.368. The average molecular weight is 521 g/mol. The summed E-state index contributed by atoms with van der Waals surface area (Å²) < 4.78 is 27.4. The molecule has 5 rings (SSSR count). The summed E-state index contributed by atoms with van der Waals surface area (Å²) in [7, 11) is 4.85. The maximum absolute atomic E-state index is 12.7. The lowest BCUT2D eigenvalue weighted by atomic mass is 9.98. The van der Waals surface area contributed by atoms with E-state index in [2.05, 4.69) is 4.90 Å². The number of hydrogen-bond acceptors (Lipinski definition) is 9. The van der Waals surface area contributed by atoms with Crippen LogP contribution in [0, 0.1) is 0 Å². The zero-order valence-corrected chi connectivity index (χ0v) is 21.4. The number of fused-ring (bicyclic) bond motifs is 2. The largest absolute Gasteiger partial charge is 0.493 e. The van der Waals surface area contributed by atoms with E-state index in [9.17, 15) is 14.4 Å². The van der Waals surface area contributed by atoms with Crippen LogP contribution in [0.1, 0.15) is 27.2 Å². The Hall–Kier alpha value is -4.31. The van der Waals surface area contributed by atoms with Crippen molar-refractivity contribution in [2.75, 3.05) is 45.9 Å². The predicted molar refractivity (Wildman–Crippen MR) is 138 cm³/mol. The highest BCUT2D eigenvalue weighted by Crippen LogP contribution is 2.34. The number of ketones is 1. The molecule has 1 amide bonds. The molecule has 3 aromatic rings. The Bertz CT molecular complexity index is 1450. The van der Waals surface area contributed by atoms with Crippen LogP contribution in [0.25, 0.3) is 0 Å². The number of methoxy groups -OCH3 is 2. The molecule has 0 spiro atoms. The first-order valence-electron chi connectivity index (χ1n) is 12.1. The summed E-state index contributed by atoms with van der Waals surface area (Å²) in [5.74, 6) is 1.82. The summed E-state index contributed by atoms with van der Waals surface area (Å²) in [5.41, 5.74) is 2.83. The number of Topliss-reactive ketones (excluding diaryl/α,β-unsaturated/α-hetero) is 1. The molecule has 0 fully saturated rings. The Kier molecular flexibility index (Phi) is 7.06. The summed E-state index contributed by atoms with van der Waals surface area (Å²) in [6, 6.07) is 10.2. The van der Waals surface area contributed by atoms with E-state index in [1.54, 1.807) is 39.5 Å². The van der Waals surface area contributed by atoms with Gasteiger partial charge >= 0.3 is 0 Å². The molecule has 198 valence electrons. The fraction of sp³-hybridized carbons (Fsp3) is 0.321. The van der Waals surface area contributed by atoms with Gasteiger partial charge in [0.15, 0.2) is 30.5 Å². The lowest BCUT2D eigenvalue weighted by molar-refractivity contribution is -0.120. The Labute approximate surface area is 219 Å². The van der Waals surface area contributed by atoms with Crippen molar-refractivity contribution in [3.05, 3.63) is 75.3 Å².